The largest absolute Gasteiger partial charge is 0.381 e. The molecule has 2 fully saturated rings. The number of hydrogen-bond acceptors (Lipinski definition) is 4. The van der Waals surface area contributed by atoms with Crippen molar-refractivity contribution >= 4 is 40.0 Å². The first-order chi connectivity index (χ1) is 13.6. The summed E-state index contributed by atoms with van der Waals surface area (Å²) in [6.45, 7) is 12.2. The average molecular weight is 551 g/mol. The van der Waals surface area contributed by atoms with E-state index in [1.165, 1.54) is 0 Å². The first-order valence-corrected chi connectivity index (χ1v) is 11.9. The van der Waals surface area contributed by atoms with Gasteiger partial charge in [0.15, 0.2) is 5.96 Å². The molecule has 0 aliphatic carbocycles. The SMILES string of the molecule is CCNC(=NCc1ccccc1S(=O)(=O)NC(C)(C)C)N1CCC2(CCOC2)C1.I. The lowest BCUT2D eigenvalue weighted by Gasteiger charge is -2.25. The van der Waals surface area contributed by atoms with Crippen LogP contribution in [0, 0.1) is 5.41 Å². The van der Waals surface area contributed by atoms with Crippen LogP contribution in [0.2, 0.25) is 0 Å². The van der Waals surface area contributed by atoms with Crippen LogP contribution in [0.25, 0.3) is 0 Å². The normalized spacial score (nSPS) is 22.4. The van der Waals surface area contributed by atoms with Crippen LogP contribution in [0.5, 0.6) is 0 Å². The zero-order valence-corrected chi connectivity index (χ0v) is 21.5. The van der Waals surface area contributed by atoms with Gasteiger partial charge < -0.3 is 15.0 Å². The number of nitrogens with one attached hydrogen (secondary N) is 2. The van der Waals surface area contributed by atoms with Crippen molar-refractivity contribution in [2.24, 2.45) is 10.4 Å². The summed E-state index contributed by atoms with van der Waals surface area (Å²) < 4.78 is 34.1. The van der Waals surface area contributed by atoms with Crippen LogP contribution < -0.4 is 10.0 Å². The van der Waals surface area contributed by atoms with Crippen molar-refractivity contribution in [3.8, 4) is 0 Å². The summed E-state index contributed by atoms with van der Waals surface area (Å²) in [5.41, 5.74) is 0.392. The molecule has 2 aliphatic rings. The summed E-state index contributed by atoms with van der Waals surface area (Å²) in [4.78, 5) is 7.36. The molecule has 0 saturated carbocycles. The van der Waals surface area contributed by atoms with Crippen molar-refractivity contribution in [2.45, 2.75) is 57.5 Å². The van der Waals surface area contributed by atoms with Gasteiger partial charge in [-0.05, 0) is 52.2 Å². The molecule has 9 heteroatoms. The number of sulfonamides is 1. The van der Waals surface area contributed by atoms with Crippen molar-refractivity contribution < 1.29 is 13.2 Å². The van der Waals surface area contributed by atoms with Crippen LogP contribution in [0.4, 0.5) is 0 Å². The van der Waals surface area contributed by atoms with Gasteiger partial charge in [0.1, 0.15) is 0 Å². The van der Waals surface area contributed by atoms with Crippen LogP contribution in [-0.4, -0.2) is 57.7 Å². The monoisotopic (exact) mass is 550 g/mol. The Hall–Kier alpha value is -0.910. The molecule has 0 amide bonds. The molecule has 2 saturated heterocycles. The summed E-state index contributed by atoms with van der Waals surface area (Å²) in [6.07, 6.45) is 2.21. The first-order valence-electron chi connectivity index (χ1n) is 10.4. The summed E-state index contributed by atoms with van der Waals surface area (Å²) >= 11 is 0. The fourth-order valence-electron chi connectivity index (χ4n) is 4.03. The highest BCUT2D eigenvalue weighted by Gasteiger charge is 2.42. The number of rotatable bonds is 5. The van der Waals surface area contributed by atoms with E-state index in [-0.39, 0.29) is 34.3 Å². The summed E-state index contributed by atoms with van der Waals surface area (Å²) in [6, 6.07) is 7.09. The van der Waals surface area contributed by atoms with Gasteiger partial charge in [0.05, 0.1) is 18.0 Å². The average Bonchev–Trinajstić information content (AvgIpc) is 3.27. The topological polar surface area (TPSA) is 83.0 Å². The van der Waals surface area contributed by atoms with Crippen LogP contribution in [0.3, 0.4) is 0 Å². The number of likely N-dealkylation sites (tertiary alicyclic amines) is 1. The second-order valence-corrected chi connectivity index (χ2v) is 10.8. The Morgan fingerprint density at radius 3 is 2.63 bits per heavy atom. The van der Waals surface area contributed by atoms with Crippen molar-refractivity contribution in [1.29, 1.82) is 0 Å². The van der Waals surface area contributed by atoms with Crippen molar-refractivity contribution in [1.82, 2.24) is 14.9 Å². The lowest BCUT2D eigenvalue weighted by molar-refractivity contribution is 0.156. The molecule has 1 aromatic rings. The maximum Gasteiger partial charge on any atom is 0.241 e. The van der Waals surface area contributed by atoms with Crippen molar-refractivity contribution in [3.63, 3.8) is 0 Å². The van der Waals surface area contributed by atoms with E-state index in [1.807, 2.05) is 39.8 Å². The third kappa shape index (κ3) is 6.30. The van der Waals surface area contributed by atoms with Crippen LogP contribution in [0.1, 0.15) is 46.1 Å². The molecule has 2 heterocycles. The maximum absolute atomic E-state index is 12.9. The van der Waals surface area contributed by atoms with Gasteiger partial charge in [0.2, 0.25) is 10.0 Å². The molecule has 1 spiro atoms. The predicted molar refractivity (Wildman–Crippen MR) is 131 cm³/mol. The molecule has 1 unspecified atom stereocenters. The predicted octanol–water partition coefficient (Wildman–Crippen LogP) is 2.96. The molecule has 2 aliphatic heterocycles. The molecular weight excluding hydrogens is 515 g/mol. The highest BCUT2D eigenvalue weighted by Crippen LogP contribution is 2.38. The fraction of sp³-hybridized carbons (Fsp3) is 0.667. The minimum atomic E-state index is -3.62. The molecular formula is C21H35IN4O3S. The Balaban J connectivity index is 0.00000320. The van der Waals surface area contributed by atoms with Gasteiger partial charge in [-0.1, -0.05) is 18.2 Å². The smallest absolute Gasteiger partial charge is 0.241 e. The number of hydrogen-bond donors (Lipinski definition) is 2. The van der Waals surface area contributed by atoms with Crippen LogP contribution >= 0.6 is 24.0 Å². The second kappa shape index (κ2) is 10.1. The first kappa shape index (κ1) is 25.4. The van der Waals surface area contributed by atoms with Crippen LogP contribution in [-0.2, 0) is 21.3 Å². The Kier molecular flexibility index (Phi) is 8.57. The third-order valence-electron chi connectivity index (χ3n) is 5.36. The number of guanidine groups is 1. The third-order valence-corrected chi connectivity index (χ3v) is 7.22. The number of benzene rings is 1. The summed E-state index contributed by atoms with van der Waals surface area (Å²) in [5, 5.41) is 3.37. The van der Waals surface area contributed by atoms with E-state index in [1.54, 1.807) is 12.1 Å². The number of nitrogens with zero attached hydrogens (tertiary/aromatic N) is 2. The standard InChI is InChI=1S/C21H34N4O3S.HI/c1-5-22-19(25-12-10-21(15-25)11-13-28-16-21)23-14-17-8-6-7-9-18(17)29(26,27)24-20(2,3)4;/h6-9,24H,5,10-16H2,1-4H3,(H,22,23);1H. The fourth-order valence-corrected chi connectivity index (χ4v) is 5.68. The van der Waals surface area contributed by atoms with Crippen LogP contribution in [0.15, 0.2) is 34.2 Å². The number of ether oxygens (including phenoxy) is 1. The van der Waals surface area contributed by atoms with Gasteiger partial charge in [-0.2, -0.15) is 0 Å². The molecule has 3 rings (SSSR count). The Bertz CT molecular complexity index is 846. The lowest BCUT2D eigenvalue weighted by Crippen LogP contribution is -2.41. The van der Waals surface area contributed by atoms with Gasteiger partial charge in [0.25, 0.3) is 0 Å². The molecule has 170 valence electrons. The molecule has 0 radical (unpaired) electrons. The molecule has 1 atom stereocenters. The molecule has 7 nitrogen and oxygen atoms in total. The minimum Gasteiger partial charge on any atom is -0.381 e. The number of aliphatic imine (C=N–C) groups is 1. The van der Waals surface area contributed by atoms with Gasteiger partial charge in [-0.15, -0.1) is 24.0 Å². The Morgan fingerprint density at radius 2 is 2.00 bits per heavy atom. The van der Waals surface area contributed by atoms with E-state index in [0.29, 0.717) is 12.1 Å². The van der Waals surface area contributed by atoms with E-state index in [4.69, 9.17) is 9.73 Å². The zero-order valence-electron chi connectivity index (χ0n) is 18.4. The second-order valence-electron chi connectivity index (χ2n) is 9.11. The van der Waals surface area contributed by atoms with Gasteiger partial charge in [0, 0.05) is 37.2 Å². The number of halogens is 1. The maximum atomic E-state index is 12.9. The Labute approximate surface area is 198 Å². The molecule has 0 aromatic heterocycles. The minimum absolute atomic E-state index is 0. The van der Waals surface area contributed by atoms with Crippen molar-refractivity contribution in [2.75, 3.05) is 32.8 Å². The van der Waals surface area contributed by atoms with E-state index in [9.17, 15) is 8.42 Å². The van der Waals surface area contributed by atoms with Gasteiger partial charge in [-0.3, -0.25) is 0 Å². The van der Waals surface area contributed by atoms with Crippen molar-refractivity contribution in [3.05, 3.63) is 29.8 Å². The van der Waals surface area contributed by atoms with Gasteiger partial charge >= 0.3 is 0 Å². The van der Waals surface area contributed by atoms with E-state index in [0.717, 1.165) is 51.6 Å². The van der Waals surface area contributed by atoms with E-state index < -0.39 is 15.6 Å². The quantitative estimate of drug-likeness (QED) is 0.335. The zero-order chi connectivity index (χ0) is 21.1. The highest BCUT2D eigenvalue weighted by molar-refractivity contribution is 14.0. The summed E-state index contributed by atoms with van der Waals surface area (Å²) in [7, 11) is -3.62. The lowest BCUT2D eigenvalue weighted by atomic mass is 9.87. The van der Waals surface area contributed by atoms with E-state index >= 15 is 0 Å². The Morgan fingerprint density at radius 1 is 1.27 bits per heavy atom. The molecule has 30 heavy (non-hydrogen) atoms. The highest BCUT2D eigenvalue weighted by atomic mass is 127. The summed E-state index contributed by atoms with van der Waals surface area (Å²) in [5.74, 6) is 0.840. The molecule has 2 N–H and O–H groups in total. The molecule has 0 bridgehead atoms. The van der Waals surface area contributed by atoms with E-state index in [2.05, 4.69) is 14.9 Å². The van der Waals surface area contributed by atoms with Gasteiger partial charge in [-0.25, -0.2) is 18.1 Å². The molecule has 1 aromatic carbocycles.